The predicted octanol–water partition coefficient (Wildman–Crippen LogP) is 4.14. The first-order chi connectivity index (χ1) is 15.8. The van der Waals surface area contributed by atoms with Gasteiger partial charge in [-0.25, -0.2) is 0 Å². The van der Waals surface area contributed by atoms with Crippen molar-refractivity contribution in [3.8, 4) is 0 Å². The summed E-state index contributed by atoms with van der Waals surface area (Å²) in [5, 5.41) is 18.5. The topological polar surface area (TPSA) is 113 Å². The van der Waals surface area contributed by atoms with Gasteiger partial charge < -0.3 is 10.6 Å². The Balaban J connectivity index is 1.27. The molecule has 0 spiro atoms. The van der Waals surface area contributed by atoms with Crippen molar-refractivity contribution in [3.63, 3.8) is 0 Å². The standard InChI is InChI=1S/C24H24N8O/c1-14(15-5-8-20-16(9-15)12-26-32(20)4)11-25-13-21-29-23(31-30-21)27-17-6-7-18-19(10-17)28-22(33)24(18,2)3/h5-13H,1-4H3,(H,28,33)(H2,27,29,30,31)/b14-11+,25-13?. The van der Waals surface area contributed by atoms with Crippen LogP contribution in [-0.2, 0) is 17.3 Å². The van der Waals surface area contributed by atoms with E-state index in [1.54, 1.807) is 12.4 Å². The number of fused-ring (bicyclic) bond motifs is 2. The minimum atomic E-state index is -0.530. The maximum absolute atomic E-state index is 12.1. The van der Waals surface area contributed by atoms with E-state index in [0.717, 1.165) is 39.0 Å². The van der Waals surface area contributed by atoms with Crippen LogP contribution in [0.3, 0.4) is 0 Å². The molecule has 0 aliphatic carbocycles. The fraction of sp³-hybridized carbons (Fsp3) is 0.208. The van der Waals surface area contributed by atoms with Crippen LogP contribution in [0.2, 0.25) is 0 Å². The van der Waals surface area contributed by atoms with Crippen molar-refractivity contribution in [1.29, 1.82) is 0 Å². The highest BCUT2D eigenvalue weighted by molar-refractivity contribution is 6.06. The Kier molecular flexibility index (Phi) is 4.81. The Hall–Kier alpha value is -4.27. The molecule has 1 aliphatic heterocycles. The summed E-state index contributed by atoms with van der Waals surface area (Å²) in [6.07, 6.45) is 5.27. The Morgan fingerprint density at radius 3 is 2.91 bits per heavy atom. The molecule has 0 saturated heterocycles. The molecular formula is C24H24N8O. The summed E-state index contributed by atoms with van der Waals surface area (Å²) in [4.78, 5) is 20.9. The van der Waals surface area contributed by atoms with E-state index >= 15 is 0 Å². The smallest absolute Gasteiger partial charge is 0.246 e. The first kappa shape index (κ1) is 20.6. The third-order valence-electron chi connectivity index (χ3n) is 5.93. The maximum Gasteiger partial charge on any atom is 0.246 e. The molecule has 3 N–H and O–H groups in total. The van der Waals surface area contributed by atoms with Crippen LogP contribution in [0.25, 0.3) is 16.5 Å². The van der Waals surface area contributed by atoms with Gasteiger partial charge in [-0.3, -0.25) is 19.6 Å². The second-order valence-corrected chi connectivity index (χ2v) is 8.64. The zero-order valence-electron chi connectivity index (χ0n) is 18.8. The van der Waals surface area contributed by atoms with Crippen LogP contribution >= 0.6 is 0 Å². The number of nitrogens with one attached hydrogen (secondary N) is 3. The lowest BCUT2D eigenvalue weighted by atomic mass is 9.86. The number of hydrogen-bond acceptors (Lipinski definition) is 6. The van der Waals surface area contributed by atoms with Gasteiger partial charge in [-0.2, -0.15) is 10.1 Å². The highest BCUT2D eigenvalue weighted by atomic mass is 16.2. The van der Waals surface area contributed by atoms with E-state index in [1.807, 2.05) is 56.9 Å². The summed E-state index contributed by atoms with van der Waals surface area (Å²) in [7, 11) is 1.93. The number of rotatable bonds is 5. The molecule has 0 radical (unpaired) electrons. The fourth-order valence-electron chi connectivity index (χ4n) is 3.89. The van der Waals surface area contributed by atoms with Crippen LogP contribution in [0.1, 0.15) is 37.7 Å². The maximum atomic E-state index is 12.1. The van der Waals surface area contributed by atoms with Crippen LogP contribution in [0.4, 0.5) is 17.3 Å². The summed E-state index contributed by atoms with van der Waals surface area (Å²) in [6.45, 7) is 5.83. The number of carbonyl (C=O) groups is 1. The first-order valence-electron chi connectivity index (χ1n) is 10.6. The Morgan fingerprint density at radius 2 is 2.06 bits per heavy atom. The Labute approximate surface area is 190 Å². The third-order valence-corrected chi connectivity index (χ3v) is 5.93. The van der Waals surface area contributed by atoms with Gasteiger partial charge in [0.05, 0.1) is 23.3 Å². The van der Waals surface area contributed by atoms with E-state index in [1.165, 1.54) is 0 Å². The predicted molar refractivity (Wildman–Crippen MR) is 130 cm³/mol. The van der Waals surface area contributed by atoms with Crippen LogP contribution in [-0.4, -0.2) is 37.1 Å². The fourth-order valence-corrected chi connectivity index (χ4v) is 3.89. The molecule has 2 aromatic heterocycles. The average Bonchev–Trinajstić information content (AvgIpc) is 3.45. The molecular weight excluding hydrogens is 416 g/mol. The van der Waals surface area contributed by atoms with Gasteiger partial charge >= 0.3 is 0 Å². The van der Waals surface area contributed by atoms with Gasteiger partial charge in [-0.1, -0.05) is 12.1 Å². The molecule has 0 saturated carbocycles. The monoisotopic (exact) mass is 440 g/mol. The summed E-state index contributed by atoms with van der Waals surface area (Å²) in [6, 6.07) is 12.0. The van der Waals surface area contributed by atoms with Crippen molar-refractivity contribution in [2.45, 2.75) is 26.2 Å². The highest BCUT2D eigenvalue weighted by Crippen LogP contribution is 2.38. The van der Waals surface area contributed by atoms with Crippen molar-refractivity contribution >= 4 is 45.9 Å². The number of amides is 1. The summed E-state index contributed by atoms with van der Waals surface area (Å²) in [5.41, 5.74) is 5.24. The van der Waals surface area contributed by atoms with Crippen LogP contribution in [0.5, 0.6) is 0 Å². The number of hydrogen-bond donors (Lipinski definition) is 3. The van der Waals surface area contributed by atoms with Crippen LogP contribution < -0.4 is 10.6 Å². The molecule has 0 unspecified atom stereocenters. The number of carbonyl (C=O) groups excluding carboxylic acids is 1. The minimum Gasteiger partial charge on any atom is -0.325 e. The van der Waals surface area contributed by atoms with Crippen molar-refractivity contribution in [3.05, 3.63) is 65.7 Å². The highest BCUT2D eigenvalue weighted by Gasteiger charge is 2.38. The van der Waals surface area contributed by atoms with E-state index in [9.17, 15) is 4.79 Å². The zero-order valence-corrected chi connectivity index (χ0v) is 18.8. The summed E-state index contributed by atoms with van der Waals surface area (Å²) < 4.78 is 1.85. The summed E-state index contributed by atoms with van der Waals surface area (Å²) >= 11 is 0. The van der Waals surface area contributed by atoms with Crippen molar-refractivity contribution in [2.75, 3.05) is 10.6 Å². The molecule has 1 amide bonds. The van der Waals surface area contributed by atoms with Crippen molar-refractivity contribution < 1.29 is 4.79 Å². The molecule has 9 heteroatoms. The van der Waals surface area contributed by atoms with Crippen molar-refractivity contribution in [1.82, 2.24) is 25.0 Å². The van der Waals surface area contributed by atoms with Gasteiger partial charge in [0, 0.05) is 30.0 Å². The van der Waals surface area contributed by atoms with E-state index in [2.05, 4.69) is 54.1 Å². The number of aromatic amines is 1. The number of aromatic nitrogens is 5. The van der Waals surface area contributed by atoms with Gasteiger partial charge in [0.15, 0.2) is 5.82 Å². The summed E-state index contributed by atoms with van der Waals surface area (Å²) in [5.74, 6) is 0.942. The van der Waals surface area contributed by atoms with E-state index in [4.69, 9.17) is 0 Å². The molecule has 2 aromatic carbocycles. The number of allylic oxidation sites excluding steroid dienone is 1. The SMILES string of the molecule is C/C(=C\N=Cc1nc(Nc2ccc3c(c2)NC(=O)C3(C)C)n[nH]1)c1ccc2c(cnn2C)c1. The van der Waals surface area contributed by atoms with Gasteiger partial charge in [-0.05, 0) is 61.7 Å². The van der Waals surface area contributed by atoms with Crippen molar-refractivity contribution in [2.24, 2.45) is 12.0 Å². The number of anilines is 3. The number of aryl methyl sites for hydroxylation is 1. The second-order valence-electron chi connectivity index (χ2n) is 8.64. The molecule has 3 heterocycles. The minimum absolute atomic E-state index is 0.00486. The van der Waals surface area contributed by atoms with Gasteiger partial charge in [0.25, 0.3) is 0 Å². The molecule has 0 atom stereocenters. The quantitative estimate of drug-likeness (QED) is 0.404. The van der Waals surface area contributed by atoms with Crippen LogP contribution in [0, 0.1) is 0 Å². The average molecular weight is 441 g/mol. The van der Waals surface area contributed by atoms with Gasteiger partial charge in [0.1, 0.15) is 0 Å². The first-order valence-corrected chi connectivity index (χ1v) is 10.6. The normalized spacial score (nSPS) is 15.3. The van der Waals surface area contributed by atoms with E-state index < -0.39 is 5.41 Å². The molecule has 5 rings (SSSR count). The lowest BCUT2D eigenvalue weighted by Crippen LogP contribution is -2.26. The Bertz CT molecular complexity index is 1440. The molecule has 1 aliphatic rings. The molecule has 33 heavy (non-hydrogen) atoms. The Morgan fingerprint density at radius 1 is 1.21 bits per heavy atom. The second kappa shape index (κ2) is 7.70. The number of nitrogens with zero attached hydrogens (tertiary/aromatic N) is 5. The molecule has 166 valence electrons. The van der Waals surface area contributed by atoms with E-state index in [0.29, 0.717) is 11.8 Å². The number of H-pyrrole nitrogens is 1. The van der Waals surface area contributed by atoms with Gasteiger partial charge in [0.2, 0.25) is 11.9 Å². The molecule has 4 aromatic rings. The molecule has 9 nitrogen and oxygen atoms in total. The molecule has 0 fully saturated rings. The molecule has 0 bridgehead atoms. The zero-order chi connectivity index (χ0) is 23.2. The number of benzene rings is 2. The van der Waals surface area contributed by atoms with E-state index in [-0.39, 0.29) is 5.91 Å². The lowest BCUT2D eigenvalue weighted by Gasteiger charge is -2.14. The van der Waals surface area contributed by atoms with Gasteiger partial charge in [-0.15, -0.1) is 5.10 Å². The number of aliphatic imine (C=N–C) groups is 1. The lowest BCUT2D eigenvalue weighted by molar-refractivity contribution is -0.119. The third kappa shape index (κ3) is 3.78. The van der Waals surface area contributed by atoms with Crippen LogP contribution in [0.15, 0.2) is 53.8 Å². The largest absolute Gasteiger partial charge is 0.325 e.